The van der Waals surface area contributed by atoms with E-state index in [1.807, 2.05) is 0 Å². The molecule has 1 spiro atoms. The van der Waals surface area contributed by atoms with Crippen molar-refractivity contribution < 1.29 is 17.6 Å². The lowest BCUT2D eigenvalue weighted by Gasteiger charge is -2.38. The van der Waals surface area contributed by atoms with Gasteiger partial charge in [-0.15, -0.1) is 12.4 Å². The van der Waals surface area contributed by atoms with Gasteiger partial charge in [-0.05, 0) is 38.1 Å². The fourth-order valence-electron chi connectivity index (χ4n) is 3.59. The second-order valence-electron chi connectivity index (χ2n) is 7.04. The van der Waals surface area contributed by atoms with E-state index in [0.29, 0.717) is 18.5 Å². The Morgan fingerprint density at radius 1 is 1.28 bits per heavy atom. The first kappa shape index (κ1) is 20.2. The number of nitrogens with one attached hydrogen (secondary N) is 1. The van der Waals surface area contributed by atoms with Gasteiger partial charge >= 0.3 is 0 Å². The minimum Gasteiger partial charge on any atom is -0.455 e. The normalized spacial score (nSPS) is 20.1. The smallest absolute Gasteiger partial charge is 0.289 e. The first-order valence-electron chi connectivity index (χ1n) is 8.28. The zero-order valence-corrected chi connectivity index (χ0v) is 16.5. The van der Waals surface area contributed by atoms with Crippen LogP contribution in [-0.4, -0.2) is 63.8 Å². The maximum Gasteiger partial charge on any atom is 0.289 e. The van der Waals surface area contributed by atoms with Crippen LogP contribution in [0.2, 0.25) is 0 Å². The molecule has 0 unspecified atom stereocenters. The molecule has 3 heterocycles. The maximum atomic E-state index is 12.7. The molecule has 1 aromatic rings. The van der Waals surface area contributed by atoms with Gasteiger partial charge in [0.1, 0.15) is 10.7 Å². The number of rotatable bonds is 3. The van der Waals surface area contributed by atoms with Crippen LogP contribution in [0.5, 0.6) is 0 Å². The lowest BCUT2D eigenvalue weighted by molar-refractivity contribution is 0.0576. The number of piperidine rings is 1. The number of hydrogen-bond donors (Lipinski definition) is 1. The predicted molar refractivity (Wildman–Crippen MR) is 96.6 cm³/mol. The summed E-state index contributed by atoms with van der Waals surface area (Å²) in [4.78, 5) is 14.5. The Kier molecular flexibility index (Phi) is 5.88. The van der Waals surface area contributed by atoms with Crippen LogP contribution in [0.3, 0.4) is 0 Å². The highest BCUT2D eigenvalue weighted by Gasteiger charge is 2.39. The zero-order valence-electron chi connectivity index (χ0n) is 14.9. The highest BCUT2D eigenvalue weighted by atomic mass is 35.5. The van der Waals surface area contributed by atoms with Crippen molar-refractivity contribution in [2.45, 2.75) is 31.1 Å². The zero-order chi connectivity index (χ0) is 17.5. The number of amides is 1. The molecule has 2 saturated heterocycles. The number of aryl methyl sites for hydroxylation is 1. The first-order chi connectivity index (χ1) is 11.3. The number of sulfonamides is 1. The van der Waals surface area contributed by atoms with Gasteiger partial charge in [0.25, 0.3) is 5.91 Å². The summed E-state index contributed by atoms with van der Waals surface area (Å²) >= 11 is 0. The summed E-state index contributed by atoms with van der Waals surface area (Å²) in [6.45, 7) is 5.03. The largest absolute Gasteiger partial charge is 0.455 e. The van der Waals surface area contributed by atoms with Gasteiger partial charge < -0.3 is 14.6 Å². The van der Waals surface area contributed by atoms with E-state index in [1.54, 1.807) is 11.8 Å². The van der Waals surface area contributed by atoms with Crippen LogP contribution in [0.15, 0.2) is 15.4 Å². The van der Waals surface area contributed by atoms with Gasteiger partial charge in [0, 0.05) is 39.8 Å². The first-order valence-corrected chi connectivity index (χ1v) is 9.72. The summed E-state index contributed by atoms with van der Waals surface area (Å²) in [6, 6.07) is 1.36. The van der Waals surface area contributed by atoms with E-state index in [-0.39, 0.29) is 34.7 Å². The van der Waals surface area contributed by atoms with Gasteiger partial charge in [0.2, 0.25) is 10.0 Å². The Bertz CT molecular complexity index is 729. The van der Waals surface area contributed by atoms with Crippen molar-refractivity contribution in [2.75, 3.05) is 40.3 Å². The number of likely N-dealkylation sites (tertiary alicyclic amines) is 1. The minimum absolute atomic E-state index is 0. The van der Waals surface area contributed by atoms with Gasteiger partial charge in [-0.25, -0.2) is 12.7 Å². The molecular weight excluding hydrogens is 366 g/mol. The summed E-state index contributed by atoms with van der Waals surface area (Å²) in [6.07, 6.45) is 3.13. The van der Waals surface area contributed by atoms with E-state index in [9.17, 15) is 13.2 Å². The molecule has 0 radical (unpaired) electrons. The van der Waals surface area contributed by atoms with Crippen LogP contribution in [0.1, 0.15) is 35.6 Å². The summed E-state index contributed by atoms with van der Waals surface area (Å²) in [5.74, 6) is 0.132. The molecule has 3 rings (SSSR count). The second kappa shape index (κ2) is 7.26. The number of carbonyl (C=O) groups excluding carboxylic acids is 1. The Balaban J connectivity index is 0.00000225. The van der Waals surface area contributed by atoms with Gasteiger partial charge in [0.05, 0.1) is 0 Å². The molecule has 0 aromatic carbocycles. The second-order valence-corrected chi connectivity index (χ2v) is 9.16. The fourth-order valence-corrected chi connectivity index (χ4v) is 4.64. The molecule has 2 aliphatic rings. The molecule has 2 aliphatic heterocycles. The molecule has 7 nitrogen and oxygen atoms in total. The van der Waals surface area contributed by atoms with E-state index in [2.05, 4.69) is 5.32 Å². The van der Waals surface area contributed by atoms with Crippen molar-refractivity contribution in [3.63, 3.8) is 0 Å². The monoisotopic (exact) mass is 391 g/mol. The fraction of sp³-hybridized carbons (Fsp3) is 0.688. The highest BCUT2D eigenvalue weighted by Crippen LogP contribution is 2.37. The number of carbonyl (C=O) groups is 1. The summed E-state index contributed by atoms with van der Waals surface area (Å²) in [5.41, 5.74) is 0.329. The Morgan fingerprint density at radius 2 is 1.92 bits per heavy atom. The molecule has 0 bridgehead atoms. The third-order valence-corrected chi connectivity index (χ3v) is 7.21. The van der Waals surface area contributed by atoms with Gasteiger partial charge in [-0.2, -0.15) is 0 Å². The molecule has 1 amide bonds. The maximum absolute atomic E-state index is 12.7. The number of hydrogen-bond acceptors (Lipinski definition) is 5. The molecular formula is C16H26ClN3O4S. The van der Waals surface area contributed by atoms with Crippen molar-refractivity contribution in [1.29, 1.82) is 0 Å². The van der Waals surface area contributed by atoms with E-state index in [0.717, 1.165) is 30.2 Å². The highest BCUT2D eigenvalue weighted by molar-refractivity contribution is 7.89. The van der Waals surface area contributed by atoms with Crippen molar-refractivity contribution in [1.82, 2.24) is 14.5 Å². The van der Waals surface area contributed by atoms with Crippen LogP contribution < -0.4 is 5.32 Å². The van der Waals surface area contributed by atoms with Gasteiger partial charge in [-0.3, -0.25) is 4.79 Å². The van der Waals surface area contributed by atoms with Gasteiger partial charge in [-0.1, -0.05) is 0 Å². The molecule has 1 N–H and O–H groups in total. The van der Waals surface area contributed by atoms with E-state index >= 15 is 0 Å². The molecule has 2 fully saturated rings. The van der Waals surface area contributed by atoms with Crippen LogP contribution in [-0.2, 0) is 10.0 Å². The SMILES string of the molecule is Cc1oc(C(=O)N2CCC3(CCNC3)CC2)cc1S(=O)(=O)N(C)C.Cl. The summed E-state index contributed by atoms with van der Waals surface area (Å²) < 4.78 is 31.1. The van der Waals surface area contributed by atoms with Crippen LogP contribution in [0.25, 0.3) is 0 Å². The van der Waals surface area contributed by atoms with Crippen LogP contribution >= 0.6 is 12.4 Å². The summed E-state index contributed by atoms with van der Waals surface area (Å²) in [7, 11) is -0.686. The standard InChI is InChI=1S/C16H25N3O4S.ClH/c1-12-14(24(21,22)18(2)3)10-13(23-12)15(20)19-8-5-16(6-9-19)4-7-17-11-16;/h10,17H,4-9,11H2,1-3H3;1H. The minimum atomic E-state index is -3.61. The van der Waals surface area contributed by atoms with E-state index in [1.165, 1.54) is 26.6 Å². The van der Waals surface area contributed by atoms with E-state index in [4.69, 9.17) is 4.42 Å². The molecule has 9 heteroatoms. The van der Waals surface area contributed by atoms with Crippen LogP contribution in [0.4, 0.5) is 0 Å². The Hall–Kier alpha value is -1.09. The Morgan fingerprint density at radius 3 is 2.44 bits per heavy atom. The topological polar surface area (TPSA) is 82.9 Å². The molecule has 0 atom stereocenters. The predicted octanol–water partition coefficient (Wildman–Crippen LogP) is 1.48. The van der Waals surface area contributed by atoms with Crippen LogP contribution in [0, 0.1) is 12.3 Å². The quantitative estimate of drug-likeness (QED) is 0.843. The summed E-state index contributed by atoms with van der Waals surface area (Å²) in [5, 5.41) is 3.40. The van der Waals surface area contributed by atoms with Crippen molar-refractivity contribution in [3.05, 3.63) is 17.6 Å². The lowest BCUT2D eigenvalue weighted by Crippen LogP contribution is -2.43. The molecule has 0 saturated carbocycles. The average Bonchev–Trinajstić information content (AvgIpc) is 3.15. The average molecular weight is 392 g/mol. The Labute approximate surface area is 155 Å². The number of halogens is 1. The number of nitrogens with zero attached hydrogens (tertiary/aromatic N) is 2. The third kappa shape index (κ3) is 3.72. The van der Waals surface area contributed by atoms with Gasteiger partial charge in [0.15, 0.2) is 5.76 Å². The van der Waals surface area contributed by atoms with Crippen molar-refractivity contribution in [2.24, 2.45) is 5.41 Å². The molecule has 25 heavy (non-hydrogen) atoms. The number of furan rings is 1. The lowest BCUT2D eigenvalue weighted by atomic mass is 9.78. The van der Waals surface area contributed by atoms with E-state index < -0.39 is 10.0 Å². The third-order valence-electron chi connectivity index (χ3n) is 5.29. The van der Waals surface area contributed by atoms with Crippen molar-refractivity contribution in [3.8, 4) is 0 Å². The molecule has 0 aliphatic carbocycles. The van der Waals surface area contributed by atoms with Crippen molar-refractivity contribution >= 4 is 28.3 Å². The molecule has 1 aromatic heterocycles. The molecule has 142 valence electrons.